The Hall–Kier alpha value is -1.33. The number of nitrogens with zero attached hydrogens (tertiary/aromatic N) is 1. The van der Waals surface area contributed by atoms with Crippen LogP contribution in [0.1, 0.15) is 31.4 Å². The first kappa shape index (κ1) is 20.4. The van der Waals surface area contributed by atoms with E-state index in [1.54, 1.807) is 0 Å². The lowest BCUT2D eigenvalue weighted by Crippen LogP contribution is -2.32. The summed E-state index contributed by atoms with van der Waals surface area (Å²) >= 11 is 5.94. The Morgan fingerprint density at radius 3 is 2.48 bits per heavy atom. The van der Waals surface area contributed by atoms with E-state index >= 15 is 0 Å². The normalized spacial score (nSPS) is 20.3. The van der Waals surface area contributed by atoms with E-state index in [0.717, 1.165) is 60.1 Å². The van der Waals surface area contributed by atoms with Crippen molar-refractivity contribution in [2.45, 2.75) is 32.2 Å². The van der Waals surface area contributed by atoms with Gasteiger partial charge >= 0.3 is 0 Å². The summed E-state index contributed by atoms with van der Waals surface area (Å²) in [6.07, 6.45) is 5.17. The first-order valence-electron chi connectivity index (χ1n) is 9.99. The minimum Gasteiger partial charge on any atom is -0.460 e. The molecule has 148 valence electrons. The molecule has 2 aromatic rings. The zero-order valence-electron chi connectivity index (χ0n) is 16.2. The molecule has 1 aliphatic rings. The average molecular weight is 391 g/mol. The van der Waals surface area contributed by atoms with Gasteiger partial charge in [-0.05, 0) is 87.5 Å². The Kier molecular flexibility index (Phi) is 7.77. The third kappa shape index (κ3) is 6.35. The minimum atomic E-state index is 0.252. The van der Waals surface area contributed by atoms with Crippen LogP contribution in [0.25, 0.3) is 11.3 Å². The van der Waals surface area contributed by atoms with Crippen molar-refractivity contribution in [3.8, 4) is 11.3 Å². The number of halogens is 1. The maximum Gasteiger partial charge on any atom is 0.134 e. The Bertz CT molecular complexity index is 678. The molecule has 0 radical (unpaired) electrons. The van der Waals surface area contributed by atoms with Crippen LogP contribution in [-0.2, 0) is 6.54 Å². The summed E-state index contributed by atoms with van der Waals surface area (Å²) in [5.74, 6) is 3.40. The largest absolute Gasteiger partial charge is 0.460 e. The molecule has 3 rings (SSSR count). The van der Waals surface area contributed by atoms with E-state index < -0.39 is 0 Å². The molecule has 1 aliphatic carbocycles. The standard InChI is InChI=1S/C22H31ClN2O2/c1-25(12-13-26)16-18-4-2-17(3-5-18)14-24-15-21-10-11-22(27-21)19-6-8-20(23)9-7-19/h6-11,17-18,24,26H,2-5,12-16H2,1H3. The first-order valence-corrected chi connectivity index (χ1v) is 10.4. The van der Waals surface area contributed by atoms with Crippen molar-refractivity contribution < 1.29 is 9.52 Å². The van der Waals surface area contributed by atoms with Gasteiger partial charge in [-0.15, -0.1) is 0 Å². The summed E-state index contributed by atoms with van der Waals surface area (Å²) in [4.78, 5) is 2.25. The number of hydrogen-bond acceptors (Lipinski definition) is 4. The molecule has 1 saturated carbocycles. The van der Waals surface area contributed by atoms with Crippen molar-refractivity contribution in [1.29, 1.82) is 0 Å². The number of benzene rings is 1. The van der Waals surface area contributed by atoms with Crippen LogP contribution in [0.2, 0.25) is 5.02 Å². The molecule has 0 aliphatic heterocycles. The van der Waals surface area contributed by atoms with E-state index in [2.05, 4.69) is 17.3 Å². The predicted molar refractivity (Wildman–Crippen MR) is 111 cm³/mol. The highest BCUT2D eigenvalue weighted by Crippen LogP contribution is 2.29. The zero-order chi connectivity index (χ0) is 19.1. The van der Waals surface area contributed by atoms with Crippen LogP contribution in [0.5, 0.6) is 0 Å². The van der Waals surface area contributed by atoms with Crippen LogP contribution < -0.4 is 5.32 Å². The number of rotatable bonds is 9. The highest BCUT2D eigenvalue weighted by molar-refractivity contribution is 6.30. The van der Waals surface area contributed by atoms with Crippen LogP contribution in [0.4, 0.5) is 0 Å². The zero-order valence-corrected chi connectivity index (χ0v) is 16.9. The highest BCUT2D eigenvalue weighted by Gasteiger charge is 2.21. The van der Waals surface area contributed by atoms with Crippen molar-refractivity contribution in [2.75, 3.05) is 33.3 Å². The fraction of sp³-hybridized carbons (Fsp3) is 0.545. The summed E-state index contributed by atoms with van der Waals surface area (Å²) < 4.78 is 5.95. The van der Waals surface area contributed by atoms with Gasteiger partial charge in [-0.1, -0.05) is 11.6 Å². The van der Waals surface area contributed by atoms with Crippen LogP contribution in [0, 0.1) is 11.8 Å². The average Bonchev–Trinajstić information content (AvgIpc) is 3.13. The Balaban J connectivity index is 1.37. The van der Waals surface area contributed by atoms with E-state index in [4.69, 9.17) is 21.1 Å². The number of furan rings is 1. The third-order valence-corrected chi connectivity index (χ3v) is 5.79. The summed E-state index contributed by atoms with van der Waals surface area (Å²) in [6, 6.07) is 11.8. The fourth-order valence-corrected chi connectivity index (χ4v) is 4.09. The van der Waals surface area contributed by atoms with Gasteiger partial charge in [0.1, 0.15) is 11.5 Å². The Labute approximate surface area is 167 Å². The van der Waals surface area contributed by atoms with Crippen molar-refractivity contribution in [1.82, 2.24) is 10.2 Å². The molecule has 0 spiro atoms. The van der Waals surface area contributed by atoms with Crippen molar-refractivity contribution >= 4 is 11.6 Å². The predicted octanol–water partition coefficient (Wildman–Crippen LogP) is 4.42. The lowest BCUT2D eigenvalue weighted by atomic mass is 9.81. The number of likely N-dealkylation sites (N-methyl/N-ethyl adjacent to an activating group) is 1. The maximum atomic E-state index is 9.01. The second kappa shape index (κ2) is 10.3. The van der Waals surface area contributed by atoms with Gasteiger partial charge in [0.15, 0.2) is 0 Å². The lowest BCUT2D eigenvalue weighted by molar-refractivity contribution is 0.171. The summed E-state index contributed by atoms with van der Waals surface area (Å²) in [5.41, 5.74) is 1.05. The molecule has 0 unspecified atom stereocenters. The molecule has 1 aromatic heterocycles. The molecule has 4 nitrogen and oxygen atoms in total. The molecule has 0 amide bonds. The monoisotopic (exact) mass is 390 g/mol. The molecule has 0 bridgehead atoms. The van der Waals surface area contributed by atoms with Crippen LogP contribution in [0.15, 0.2) is 40.8 Å². The van der Waals surface area contributed by atoms with Crippen molar-refractivity contribution in [3.05, 3.63) is 47.2 Å². The van der Waals surface area contributed by atoms with Gasteiger partial charge in [-0.3, -0.25) is 0 Å². The van der Waals surface area contributed by atoms with Crippen LogP contribution >= 0.6 is 11.6 Å². The molecule has 5 heteroatoms. The SMILES string of the molecule is CN(CCO)CC1CCC(CNCc2ccc(-c3ccc(Cl)cc3)o2)CC1. The summed E-state index contributed by atoms with van der Waals surface area (Å²) in [7, 11) is 2.10. The number of hydrogen-bond donors (Lipinski definition) is 2. The molecule has 0 saturated heterocycles. The highest BCUT2D eigenvalue weighted by atomic mass is 35.5. The lowest BCUT2D eigenvalue weighted by Gasteiger charge is -2.31. The molecule has 2 N–H and O–H groups in total. The Morgan fingerprint density at radius 1 is 1.07 bits per heavy atom. The van der Waals surface area contributed by atoms with E-state index in [1.807, 2.05) is 36.4 Å². The van der Waals surface area contributed by atoms with Gasteiger partial charge in [0, 0.05) is 23.7 Å². The third-order valence-electron chi connectivity index (χ3n) is 5.54. The van der Waals surface area contributed by atoms with Gasteiger partial charge in [0.2, 0.25) is 0 Å². The molecular weight excluding hydrogens is 360 g/mol. The molecule has 27 heavy (non-hydrogen) atoms. The molecule has 1 heterocycles. The molecule has 0 atom stereocenters. The van der Waals surface area contributed by atoms with Crippen LogP contribution in [0.3, 0.4) is 0 Å². The van der Waals surface area contributed by atoms with Gasteiger partial charge in [-0.25, -0.2) is 0 Å². The van der Waals surface area contributed by atoms with Gasteiger partial charge in [0.05, 0.1) is 13.2 Å². The molecular formula is C22H31ClN2O2. The van der Waals surface area contributed by atoms with Gasteiger partial charge in [0.25, 0.3) is 0 Å². The van der Waals surface area contributed by atoms with Crippen LogP contribution in [-0.4, -0.2) is 43.3 Å². The van der Waals surface area contributed by atoms with Crippen molar-refractivity contribution in [3.63, 3.8) is 0 Å². The van der Waals surface area contributed by atoms with Gasteiger partial charge in [-0.2, -0.15) is 0 Å². The minimum absolute atomic E-state index is 0.252. The molecule has 1 aromatic carbocycles. The van der Waals surface area contributed by atoms with Crippen molar-refractivity contribution in [2.24, 2.45) is 11.8 Å². The first-order chi connectivity index (χ1) is 13.1. The quantitative estimate of drug-likeness (QED) is 0.665. The van der Waals surface area contributed by atoms with E-state index in [0.29, 0.717) is 0 Å². The smallest absolute Gasteiger partial charge is 0.134 e. The number of aliphatic hydroxyl groups excluding tert-OH is 1. The molecule has 1 fully saturated rings. The summed E-state index contributed by atoms with van der Waals surface area (Å²) in [6.45, 7) is 3.97. The van der Waals surface area contributed by atoms with E-state index in [9.17, 15) is 0 Å². The second-order valence-corrected chi connectivity index (χ2v) is 8.21. The van der Waals surface area contributed by atoms with E-state index in [1.165, 1.54) is 25.7 Å². The maximum absolute atomic E-state index is 9.01. The summed E-state index contributed by atoms with van der Waals surface area (Å²) in [5, 5.41) is 13.3. The number of aliphatic hydroxyl groups is 1. The second-order valence-electron chi connectivity index (χ2n) is 7.78. The Morgan fingerprint density at radius 2 is 1.78 bits per heavy atom. The topological polar surface area (TPSA) is 48.6 Å². The number of nitrogens with one attached hydrogen (secondary N) is 1. The fourth-order valence-electron chi connectivity index (χ4n) is 3.96. The van der Waals surface area contributed by atoms with Gasteiger partial charge < -0.3 is 19.7 Å². The van der Waals surface area contributed by atoms with E-state index in [-0.39, 0.29) is 6.61 Å².